The highest BCUT2D eigenvalue weighted by Crippen LogP contribution is 2.30. The number of hydrogen-bond acceptors (Lipinski definition) is 5. The molecule has 0 atom stereocenters. The lowest BCUT2D eigenvalue weighted by molar-refractivity contribution is -0.121. The van der Waals surface area contributed by atoms with Gasteiger partial charge in [0.05, 0.1) is 17.9 Å². The molecule has 6 nitrogen and oxygen atoms in total. The summed E-state index contributed by atoms with van der Waals surface area (Å²) in [6, 6.07) is 18.7. The van der Waals surface area contributed by atoms with Gasteiger partial charge in [0.25, 0.3) is 11.5 Å². The van der Waals surface area contributed by atoms with Gasteiger partial charge in [-0.1, -0.05) is 54.1 Å². The molecule has 0 fully saturated rings. The number of thiophene rings is 1. The third-order valence-electron chi connectivity index (χ3n) is 4.14. The molecule has 0 radical (unpaired) electrons. The van der Waals surface area contributed by atoms with Crippen molar-refractivity contribution in [1.29, 1.82) is 0 Å². The molecule has 2 aromatic heterocycles. The van der Waals surface area contributed by atoms with Crippen molar-refractivity contribution < 1.29 is 4.79 Å². The normalized spacial score (nSPS) is 11.2. The van der Waals surface area contributed by atoms with Crippen LogP contribution >= 0.6 is 22.9 Å². The summed E-state index contributed by atoms with van der Waals surface area (Å²) in [5.74, 6) is -0.426. The van der Waals surface area contributed by atoms with E-state index in [9.17, 15) is 9.59 Å². The van der Waals surface area contributed by atoms with E-state index >= 15 is 0 Å². The number of hydrogen-bond donors (Lipinski definition) is 1. The van der Waals surface area contributed by atoms with Crippen LogP contribution in [-0.2, 0) is 11.3 Å². The summed E-state index contributed by atoms with van der Waals surface area (Å²) in [4.78, 5) is 30.8. The Morgan fingerprint density at radius 1 is 1.17 bits per heavy atom. The summed E-state index contributed by atoms with van der Waals surface area (Å²) < 4.78 is 1.27. The predicted molar refractivity (Wildman–Crippen MR) is 117 cm³/mol. The van der Waals surface area contributed by atoms with Gasteiger partial charge in [-0.2, -0.15) is 5.10 Å². The van der Waals surface area contributed by atoms with E-state index < -0.39 is 5.91 Å². The van der Waals surface area contributed by atoms with E-state index in [0.29, 0.717) is 15.2 Å². The Morgan fingerprint density at radius 2 is 2.00 bits per heavy atom. The van der Waals surface area contributed by atoms with Gasteiger partial charge in [0.1, 0.15) is 11.4 Å². The Balaban J connectivity index is 1.50. The zero-order chi connectivity index (χ0) is 20.2. The van der Waals surface area contributed by atoms with Gasteiger partial charge in [0.15, 0.2) is 0 Å². The predicted octanol–water partition coefficient (Wildman–Crippen LogP) is 3.93. The number of hydrazone groups is 1. The molecular formula is C21H15ClN4O2S. The second-order valence-corrected chi connectivity index (χ2v) is 7.69. The quantitative estimate of drug-likeness (QED) is 0.391. The Kier molecular flexibility index (Phi) is 5.50. The topological polar surface area (TPSA) is 76.3 Å². The lowest BCUT2D eigenvalue weighted by Gasteiger charge is -2.03. The zero-order valence-corrected chi connectivity index (χ0v) is 16.7. The summed E-state index contributed by atoms with van der Waals surface area (Å²) in [7, 11) is 0. The van der Waals surface area contributed by atoms with Crippen molar-refractivity contribution in [3.05, 3.63) is 87.9 Å². The highest BCUT2D eigenvalue weighted by atomic mass is 35.5. The van der Waals surface area contributed by atoms with Crippen molar-refractivity contribution in [3.63, 3.8) is 0 Å². The van der Waals surface area contributed by atoms with Crippen LogP contribution in [0.2, 0.25) is 5.02 Å². The van der Waals surface area contributed by atoms with Crippen LogP contribution in [0.5, 0.6) is 0 Å². The van der Waals surface area contributed by atoms with Crippen LogP contribution in [0.25, 0.3) is 20.7 Å². The fourth-order valence-corrected chi connectivity index (χ4v) is 3.97. The van der Waals surface area contributed by atoms with Crippen molar-refractivity contribution in [2.45, 2.75) is 6.54 Å². The van der Waals surface area contributed by atoms with Gasteiger partial charge < -0.3 is 0 Å². The summed E-state index contributed by atoms with van der Waals surface area (Å²) in [5, 5.41) is 4.97. The molecule has 0 spiro atoms. The molecule has 1 amide bonds. The molecule has 0 aliphatic carbocycles. The van der Waals surface area contributed by atoms with Crippen LogP contribution in [0, 0.1) is 0 Å². The van der Waals surface area contributed by atoms with Crippen molar-refractivity contribution in [1.82, 2.24) is 15.0 Å². The molecule has 4 aromatic rings. The van der Waals surface area contributed by atoms with Crippen molar-refractivity contribution in [2.24, 2.45) is 5.10 Å². The Bertz CT molecular complexity index is 1260. The van der Waals surface area contributed by atoms with Crippen molar-refractivity contribution >= 4 is 45.3 Å². The molecule has 0 bridgehead atoms. The smallest absolute Gasteiger partial charge is 0.262 e. The maximum atomic E-state index is 12.7. The van der Waals surface area contributed by atoms with Gasteiger partial charge in [-0.25, -0.2) is 10.4 Å². The molecule has 0 aliphatic rings. The standard InChI is InChI=1S/C21H15ClN4O2S/c22-16-8-4-5-14(9-16)11-24-25-19(27)12-26-13-23-20-17(21(26)28)10-18(29-20)15-6-2-1-3-7-15/h1-11,13H,12H2,(H,25,27). The number of fused-ring (bicyclic) bond motifs is 1. The number of rotatable bonds is 5. The Morgan fingerprint density at radius 3 is 2.79 bits per heavy atom. The second-order valence-electron chi connectivity index (χ2n) is 6.22. The molecule has 0 unspecified atom stereocenters. The minimum absolute atomic E-state index is 0.175. The fraction of sp³-hybridized carbons (Fsp3) is 0.0476. The van der Waals surface area contributed by atoms with Gasteiger partial charge in [0.2, 0.25) is 0 Å². The van der Waals surface area contributed by atoms with Gasteiger partial charge in [-0.15, -0.1) is 11.3 Å². The first-order valence-electron chi connectivity index (χ1n) is 8.72. The molecule has 4 rings (SSSR count). The minimum Gasteiger partial charge on any atom is -0.289 e. The van der Waals surface area contributed by atoms with Crippen LogP contribution in [0.3, 0.4) is 0 Å². The van der Waals surface area contributed by atoms with Gasteiger partial charge >= 0.3 is 0 Å². The fourth-order valence-electron chi connectivity index (χ4n) is 2.77. The summed E-state index contributed by atoms with van der Waals surface area (Å²) in [6.07, 6.45) is 2.87. The Hall–Kier alpha value is -3.29. The largest absolute Gasteiger partial charge is 0.289 e. The van der Waals surface area contributed by atoms with Crippen LogP contribution in [0.15, 0.2) is 76.9 Å². The van der Waals surface area contributed by atoms with E-state index in [-0.39, 0.29) is 12.1 Å². The minimum atomic E-state index is -0.426. The molecule has 2 aromatic carbocycles. The van der Waals surface area contributed by atoms with E-state index in [1.165, 1.54) is 28.4 Å². The number of carbonyl (C=O) groups excluding carboxylic acids is 1. The lowest BCUT2D eigenvalue weighted by Crippen LogP contribution is -2.29. The first-order valence-corrected chi connectivity index (χ1v) is 9.91. The average Bonchev–Trinajstić information content (AvgIpc) is 3.16. The molecule has 144 valence electrons. The van der Waals surface area contributed by atoms with Crippen molar-refractivity contribution in [2.75, 3.05) is 0 Å². The first-order chi connectivity index (χ1) is 14.1. The second kappa shape index (κ2) is 8.38. The molecule has 0 saturated heterocycles. The lowest BCUT2D eigenvalue weighted by atomic mass is 10.2. The molecule has 2 heterocycles. The van der Waals surface area contributed by atoms with Gasteiger partial charge in [0, 0.05) is 9.90 Å². The Labute approximate surface area is 175 Å². The van der Waals surface area contributed by atoms with Crippen LogP contribution < -0.4 is 11.0 Å². The maximum Gasteiger partial charge on any atom is 0.262 e. The third-order valence-corrected chi connectivity index (χ3v) is 5.47. The average molecular weight is 423 g/mol. The summed E-state index contributed by atoms with van der Waals surface area (Å²) in [6.45, 7) is -0.175. The molecule has 0 saturated carbocycles. The number of carbonyl (C=O) groups is 1. The SMILES string of the molecule is O=C(Cn1cnc2sc(-c3ccccc3)cc2c1=O)NN=Cc1cccc(Cl)c1. The number of aromatic nitrogens is 2. The molecule has 0 aliphatic heterocycles. The highest BCUT2D eigenvalue weighted by molar-refractivity contribution is 7.21. The molecular weight excluding hydrogens is 408 g/mol. The van der Waals surface area contributed by atoms with Crippen molar-refractivity contribution in [3.8, 4) is 10.4 Å². The number of nitrogens with one attached hydrogen (secondary N) is 1. The van der Waals surface area contributed by atoms with E-state index in [0.717, 1.165) is 16.0 Å². The zero-order valence-electron chi connectivity index (χ0n) is 15.1. The van der Waals surface area contributed by atoms with E-state index in [1.54, 1.807) is 18.2 Å². The van der Waals surface area contributed by atoms with Crippen LogP contribution in [-0.4, -0.2) is 21.7 Å². The number of nitrogens with zero attached hydrogens (tertiary/aromatic N) is 3. The molecule has 29 heavy (non-hydrogen) atoms. The number of benzene rings is 2. The highest BCUT2D eigenvalue weighted by Gasteiger charge is 2.12. The third kappa shape index (κ3) is 4.42. The van der Waals surface area contributed by atoms with E-state index in [1.807, 2.05) is 42.5 Å². The van der Waals surface area contributed by atoms with Crippen LogP contribution in [0.1, 0.15) is 5.56 Å². The summed E-state index contributed by atoms with van der Waals surface area (Å²) >= 11 is 7.35. The summed E-state index contributed by atoms with van der Waals surface area (Å²) in [5.41, 5.74) is 3.92. The first kappa shape index (κ1) is 19.0. The molecule has 8 heteroatoms. The number of halogens is 1. The maximum absolute atomic E-state index is 12.7. The van der Waals surface area contributed by atoms with Gasteiger partial charge in [-0.05, 0) is 29.3 Å². The van der Waals surface area contributed by atoms with E-state index in [2.05, 4.69) is 15.5 Å². The number of amides is 1. The monoisotopic (exact) mass is 422 g/mol. The van der Waals surface area contributed by atoms with Gasteiger partial charge in [-0.3, -0.25) is 14.2 Å². The van der Waals surface area contributed by atoms with E-state index in [4.69, 9.17) is 11.6 Å². The molecule has 1 N–H and O–H groups in total. The van der Waals surface area contributed by atoms with Crippen LogP contribution in [0.4, 0.5) is 0 Å².